The van der Waals surface area contributed by atoms with Crippen molar-refractivity contribution in [2.75, 3.05) is 5.75 Å². The molecule has 0 spiro atoms. The maximum Gasteiger partial charge on any atom is 0.230 e. The van der Waals surface area contributed by atoms with Gasteiger partial charge in [0.25, 0.3) is 0 Å². The van der Waals surface area contributed by atoms with Crippen LogP contribution in [0.4, 0.5) is 0 Å². The summed E-state index contributed by atoms with van der Waals surface area (Å²) >= 11 is 3.31. The minimum atomic E-state index is -0.404. The van der Waals surface area contributed by atoms with Gasteiger partial charge in [0.15, 0.2) is 0 Å². The van der Waals surface area contributed by atoms with Gasteiger partial charge >= 0.3 is 0 Å². The van der Waals surface area contributed by atoms with Crippen LogP contribution < -0.4 is 5.32 Å². The van der Waals surface area contributed by atoms with Crippen LogP contribution in [-0.2, 0) is 10.3 Å². The lowest BCUT2D eigenvalue weighted by Gasteiger charge is -2.25. The van der Waals surface area contributed by atoms with Gasteiger partial charge in [-0.2, -0.15) is 0 Å². The Bertz CT molecular complexity index is 439. The van der Waals surface area contributed by atoms with E-state index < -0.39 is 5.54 Å². The van der Waals surface area contributed by atoms with E-state index in [4.69, 9.17) is 0 Å². The van der Waals surface area contributed by atoms with Crippen LogP contribution in [0.2, 0.25) is 0 Å². The van der Waals surface area contributed by atoms with Crippen molar-refractivity contribution < 1.29 is 4.79 Å². The molecule has 0 aliphatic carbocycles. The molecule has 0 atom stereocenters. The highest BCUT2D eigenvalue weighted by atomic mass is 32.2. The molecule has 0 radical (unpaired) electrons. The Morgan fingerprint density at radius 3 is 2.26 bits per heavy atom. The first kappa shape index (κ1) is 16.5. The normalized spacial score (nSPS) is 12.6. The Balaban J connectivity index is 2.66. The van der Waals surface area contributed by atoms with E-state index in [0.29, 0.717) is 5.75 Å². The van der Waals surface area contributed by atoms with Gasteiger partial charge in [-0.1, -0.05) is 20.8 Å². The van der Waals surface area contributed by atoms with E-state index in [1.165, 1.54) is 4.88 Å². The zero-order valence-electron chi connectivity index (χ0n) is 12.9. The van der Waals surface area contributed by atoms with Crippen LogP contribution in [0.25, 0.3) is 0 Å². The SMILES string of the molecule is Cc1nc(C(C)(C)NC(=O)CSC(C)(C)C)sc1C. The van der Waals surface area contributed by atoms with Gasteiger partial charge in [-0.3, -0.25) is 4.79 Å². The van der Waals surface area contributed by atoms with Crippen molar-refractivity contribution in [1.82, 2.24) is 10.3 Å². The highest BCUT2D eigenvalue weighted by molar-refractivity contribution is 8.01. The molecule has 3 nitrogen and oxygen atoms in total. The molecule has 0 unspecified atom stereocenters. The van der Waals surface area contributed by atoms with Gasteiger partial charge in [-0.05, 0) is 27.7 Å². The summed E-state index contributed by atoms with van der Waals surface area (Å²) in [5.74, 6) is 0.548. The Labute approximate surface area is 124 Å². The van der Waals surface area contributed by atoms with Crippen molar-refractivity contribution in [3.63, 3.8) is 0 Å². The number of amides is 1. The molecule has 0 fully saturated rings. The van der Waals surface area contributed by atoms with E-state index in [2.05, 4.69) is 38.0 Å². The summed E-state index contributed by atoms with van der Waals surface area (Å²) < 4.78 is 0.107. The Morgan fingerprint density at radius 1 is 1.26 bits per heavy atom. The van der Waals surface area contributed by atoms with Crippen LogP contribution in [0, 0.1) is 13.8 Å². The third-order valence-corrected chi connectivity index (χ3v) is 5.32. The number of aromatic nitrogens is 1. The summed E-state index contributed by atoms with van der Waals surface area (Å²) in [6, 6.07) is 0. The lowest BCUT2D eigenvalue weighted by Crippen LogP contribution is -2.42. The molecule has 0 saturated carbocycles. The zero-order valence-corrected chi connectivity index (χ0v) is 14.5. The lowest BCUT2D eigenvalue weighted by molar-refractivity contribution is -0.120. The van der Waals surface area contributed by atoms with Crippen LogP contribution in [0.5, 0.6) is 0 Å². The Kier molecular flexibility index (Phi) is 5.07. The molecule has 1 aromatic heterocycles. The quantitative estimate of drug-likeness (QED) is 0.923. The largest absolute Gasteiger partial charge is 0.344 e. The summed E-state index contributed by atoms with van der Waals surface area (Å²) in [5.41, 5.74) is 0.644. The van der Waals surface area contributed by atoms with Crippen molar-refractivity contribution in [3.8, 4) is 0 Å². The average molecular weight is 300 g/mol. The van der Waals surface area contributed by atoms with Crippen molar-refractivity contribution in [3.05, 3.63) is 15.6 Å². The van der Waals surface area contributed by atoms with Gasteiger partial charge in [0.1, 0.15) is 5.01 Å². The maximum atomic E-state index is 12.0. The number of rotatable bonds is 4. The molecule has 1 N–H and O–H groups in total. The number of thiazole rings is 1. The standard InChI is InChI=1S/C14H24N2OS2/c1-9-10(2)19-12(15-9)14(6,7)16-11(17)8-18-13(3,4)5/h8H2,1-7H3,(H,16,17). The monoisotopic (exact) mass is 300 g/mol. The number of carbonyl (C=O) groups excluding carboxylic acids is 1. The van der Waals surface area contributed by atoms with Crippen LogP contribution in [0.1, 0.15) is 50.2 Å². The van der Waals surface area contributed by atoms with Gasteiger partial charge in [-0.15, -0.1) is 23.1 Å². The first-order chi connectivity index (χ1) is 8.51. The summed E-state index contributed by atoms with van der Waals surface area (Å²) in [7, 11) is 0. The van der Waals surface area contributed by atoms with E-state index in [9.17, 15) is 4.79 Å². The molecule has 0 bridgehead atoms. The number of carbonyl (C=O) groups is 1. The van der Waals surface area contributed by atoms with Gasteiger partial charge in [0.05, 0.1) is 17.0 Å². The first-order valence-corrected chi connectivity index (χ1v) is 8.21. The molecule has 19 heavy (non-hydrogen) atoms. The van der Waals surface area contributed by atoms with E-state index in [1.807, 2.05) is 20.8 Å². The molecule has 1 heterocycles. The minimum Gasteiger partial charge on any atom is -0.344 e. The Morgan fingerprint density at radius 2 is 1.84 bits per heavy atom. The number of thioether (sulfide) groups is 1. The van der Waals surface area contributed by atoms with E-state index >= 15 is 0 Å². The molecule has 1 rings (SSSR count). The summed E-state index contributed by atoms with van der Waals surface area (Å²) in [4.78, 5) is 17.8. The van der Waals surface area contributed by atoms with Crippen molar-refractivity contribution in [1.29, 1.82) is 0 Å². The van der Waals surface area contributed by atoms with Crippen molar-refractivity contribution in [2.24, 2.45) is 0 Å². The van der Waals surface area contributed by atoms with Gasteiger partial charge in [-0.25, -0.2) is 4.98 Å². The number of nitrogens with zero attached hydrogens (tertiary/aromatic N) is 1. The predicted octanol–water partition coefficient (Wildman–Crippen LogP) is 3.64. The molecule has 108 valence electrons. The molecule has 1 aromatic rings. The summed E-state index contributed by atoms with van der Waals surface area (Å²) in [6.07, 6.45) is 0. The second-order valence-corrected chi connectivity index (χ2v) is 9.24. The topological polar surface area (TPSA) is 42.0 Å². The van der Waals surface area contributed by atoms with Crippen molar-refractivity contribution >= 4 is 29.0 Å². The number of hydrogen-bond donors (Lipinski definition) is 1. The summed E-state index contributed by atoms with van der Waals surface area (Å²) in [6.45, 7) is 14.4. The third kappa shape index (κ3) is 5.15. The fraction of sp³-hybridized carbons (Fsp3) is 0.714. The van der Waals surface area contributed by atoms with E-state index in [-0.39, 0.29) is 10.7 Å². The third-order valence-electron chi connectivity index (χ3n) is 2.65. The molecule has 0 saturated heterocycles. The number of aryl methyl sites for hydroxylation is 2. The molecule has 5 heteroatoms. The fourth-order valence-corrected chi connectivity index (χ4v) is 3.07. The van der Waals surface area contributed by atoms with Crippen LogP contribution in [0.3, 0.4) is 0 Å². The smallest absolute Gasteiger partial charge is 0.230 e. The maximum absolute atomic E-state index is 12.0. The zero-order chi connectivity index (χ0) is 14.8. The van der Waals surface area contributed by atoms with Crippen LogP contribution in [0.15, 0.2) is 0 Å². The molecular weight excluding hydrogens is 276 g/mol. The first-order valence-electron chi connectivity index (χ1n) is 6.41. The second kappa shape index (κ2) is 5.83. The predicted molar refractivity (Wildman–Crippen MR) is 85.0 cm³/mol. The number of hydrogen-bond acceptors (Lipinski definition) is 4. The minimum absolute atomic E-state index is 0.0652. The van der Waals surface area contributed by atoms with Gasteiger partial charge < -0.3 is 5.32 Å². The highest BCUT2D eigenvalue weighted by Gasteiger charge is 2.27. The lowest BCUT2D eigenvalue weighted by atomic mass is 10.1. The summed E-state index contributed by atoms with van der Waals surface area (Å²) in [5, 5.41) is 4.04. The molecule has 0 aromatic carbocycles. The molecule has 0 aliphatic rings. The fourth-order valence-electron chi connectivity index (χ4n) is 1.46. The molecular formula is C14H24N2OS2. The number of nitrogens with one attached hydrogen (secondary N) is 1. The van der Waals surface area contributed by atoms with Gasteiger partial charge in [0.2, 0.25) is 5.91 Å². The van der Waals surface area contributed by atoms with Crippen LogP contribution >= 0.6 is 23.1 Å². The second-order valence-electron chi connectivity index (χ2n) is 6.23. The highest BCUT2D eigenvalue weighted by Crippen LogP contribution is 2.28. The van der Waals surface area contributed by atoms with Gasteiger partial charge in [0, 0.05) is 9.62 Å². The van der Waals surface area contributed by atoms with Crippen LogP contribution in [-0.4, -0.2) is 21.4 Å². The van der Waals surface area contributed by atoms with Crippen molar-refractivity contribution in [2.45, 2.75) is 58.8 Å². The molecule has 1 amide bonds. The Hall–Kier alpha value is -0.550. The average Bonchev–Trinajstić information content (AvgIpc) is 2.56. The van der Waals surface area contributed by atoms with E-state index in [0.717, 1.165) is 10.7 Å². The van der Waals surface area contributed by atoms with E-state index in [1.54, 1.807) is 23.1 Å². The molecule has 0 aliphatic heterocycles.